The maximum atomic E-state index is 12.4. The van der Waals surface area contributed by atoms with E-state index in [0.717, 1.165) is 56.7 Å². The van der Waals surface area contributed by atoms with Gasteiger partial charge in [-0.15, -0.1) is 0 Å². The minimum absolute atomic E-state index is 0.0545. The van der Waals surface area contributed by atoms with Crippen LogP contribution in [0, 0.1) is 0 Å². The first-order valence-electron chi connectivity index (χ1n) is 8.74. The largest absolute Gasteiger partial charge is 0.379 e. The molecule has 0 bridgehead atoms. The third-order valence-electron chi connectivity index (χ3n) is 4.86. The zero-order chi connectivity index (χ0) is 16.2. The van der Waals surface area contributed by atoms with Crippen molar-refractivity contribution in [2.75, 3.05) is 7.11 Å². The van der Waals surface area contributed by atoms with Crippen molar-refractivity contribution in [3.8, 4) is 0 Å². The van der Waals surface area contributed by atoms with Gasteiger partial charge in [-0.05, 0) is 25.7 Å². The Bertz CT molecular complexity index is 545. The van der Waals surface area contributed by atoms with Gasteiger partial charge in [0, 0.05) is 20.1 Å². The minimum atomic E-state index is -0.126. The Morgan fingerprint density at radius 1 is 1.26 bits per heavy atom. The number of aryl methyl sites for hydroxylation is 2. The lowest BCUT2D eigenvalue weighted by Crippen LogP contribution is -2.50. The van der Waals surface area contributed by atoms with E-state index in [1.54, 1.807) is 7.11 Å². The van der Waals surface area contributed by atoms with E-state index in [0.29, 0.717) is 0 Å². The van der Waals surface area contributed by atoms with Crippen LogP contribution in [-0.2, 0) is 17.7 Å². The van der Waals surface area contributed by atoms with Crippen LogP contribution in [0.1, 0.15) is 63.1 Å². The molecular weight excluding hydrogens is 294 g/mol. The molecule has 3 unspecified atom stereocenters. The molecule has 0 aromatic carbocycles. The first-order valence-corrected chi connectivity index (χ1v) is 8.74. The highest BCUT2D eigenvalue weighted by Crippen LogP contribution is 2.24. The van der Waals surface area contributed by atoms with E-state index >= 15 is 0 Å². The van der Waals surface area contributed by atoms with Crippen LogP contribution in [0.15, 0.2) is 0 Å². The summed E-state index contributed by atoms with van der Waals surface area (Å²) in [6.07, 6.45) is 7.16. The van der Waals surface area contributed by atoms with Gasteiger partial charge in [0.2, 0.25) is 0 Å². The monoisotopic (exact) mass is 321 g/mol. The molecule has 23 heavy (non-hydrogen) atoms. The van der Waals surface area contributed by atoms with Gasteiger partial charge >= 0.3 is 6.03 Å². The molecule has 7 nitrogen and oxygen atoms in total. The molecular formula is C16H27N5O2. The van der Waals surface area contributed by atoms with Crippen molar-refractivity contribution < 1.29 is 9.53 Å². The standard InChI is InChI=1S/C16H27N5O2/c1-3-14-19-15-12(8-6-10-21(15)20-14)18-16(22)17-11-7-4-5-9-13(11)23-2/h11-13H,3-10H2,1-2H3,(H2,17,18,22). The molecule has 3 atom stereocenters. The number of fused-ring (bicyclic) bond motifs is 1. The molecule has 2 aliphatic rings. The Hall–Kier alpha value is -1.63. The van der Waals surface area contributed by atoms with Crippen molar-refractivity contribution in [3.05, 3.63) is 11.6 Å². The maximum absolute atomic E-state index is 12.4. The van der Waals surface area contributed by atoms with Gasteiger partial charge < -0.3 is 15.4 Å². The molecule has 2 amide bonds. The molecule has 2 heterocycles. The van der Waals surface area contributed by atoms with Crippen molar-refractivity contribution in [1.82, 2.24) is 25.4 Å². The Morgan fingerprint density at radius 3 is 2.87 bits per heavy atom. The number of carbonyl (C=O) groups is 1. The van der Waals surface area contributed by atoms with E-state index in [2.05, 4.69) is 20.7 Å². The highest BCUT2D eigenvalue weighted by molar-refractivity contribution is 5.74. The fraction of sp³-hybridized carbons (Fsp3) is 0.812. The Labute approximate surface area is 137 Å². The van der Waals surface area contributed by atoms with Crippen molar-refractivity contribution in [3.63, 3.8) is 0 Å². The number of methoxy groups -OCH3 is 1. The second-order valence-electron chi connectivity index (χ2n) is 6.44. The summed E-state index contributed by atoms with van der Waals surface area (Å²) in [4.78, 5) is 17.0. The van der Waals surface area contributed by atoms with Crippen LogP contribution in [-0.4, -0.2) is 40.1 Å². The molecule has 1 aliphatic carbocycles. The molecule has 1 aliphatic heterocycles. The molecule has 1 aromatic heterocycles. The van der Waals surface area contributed by atoms with Crippen LogP contribution in [0.3, 0.4) is 0 Å². The molecule has 1 saturated carbocycles. The summed E-state index contributed by atoms with van der Waals surface area (Å²) in [6.45, 7) is 2.93. The topological polar surface area (TPSA) is 81.1 Å². The van der Waals surface area contributed by atoms with E-state index in [9.17, 15) is 4.79 Å². The number of ether oxygens (including phenoxy) is 1. The molecule has 128 valence electrons. The zero-order valence-corrected chi connectivity index (χ0v) is 14.0. The number of carbonyl (C=O) groups excluding carboxylic acids is 1. The number of hydrogen-bond acceptors (Lipinski definition) is 4. The normalized spacial score (nSPS) is 27.3. The molecule has 0 spiro atoms. The summed E-state index contributed by atoms with van der Waals surface area (Å²) >= 11 is 0. The summed E-state index contributed by atoms with van der Waals surface area (Å²) < 4.78 is 7.44. The molecule has 1 fully saturated rings. The van der Waals surface area contributed by atoms with Crippen molar-refractivity contribution in [2.24, 2.45) is 0 Å². The fourth-order valence-electron chi connectivity index (χ4n) is 3.60. The van der Waals surface area contributed by atoms with Crippen LogP contribution in [0.25, 0.3) is 0 Å². The SMILES string of the molecule is CCc1nc2n(n1)CCCC2NC(=O)NC1CCCCC1OC. The van der Waals surface area contributed by atoms with Crippen LogP contribution < -0.4 is 10.6 Å². The van der Waals surface area contributed by atoms with Crippen molar-refractivity contribution in [2.45, 2.75) is 76.6 Å². The molecule has 0 radical (unpaired) electrons. The number of nitrogens with one attached hydrogen (secondary N) is 2. The van der Waals surface area contributed by atoms with Gasteiger partial charge in [-0.3, -0.25) is 0 Å². The van der Waals surface area contributed by atoms with Crippen molar-refractivity contribution >= 4 is 6.03 Å². The maximum Gasteiger partial charge on any atom is 0.315 e. The average Bonchev–Trinajstić information content (AvgIpc) is 2.99. The summed E-state index contributed by atoms with van der Waals surface area (Å²) in [5, 5.41) is 10.6. The quantitative estimate of drug-likeness (QED) is 0.888. The second-order valence-corrected chi connectivity index (χ2v) is 6.44. The van der Waals surface area contributed by atoms with Crippen LogP contribution >= 0.6 is 0 Å². The smallest absolute Gasteiger partial charge is 0.315 e. The lowest BCUT2D eigenvalue weighted by molar-refractivity contribution is 0.0450. The van der Waals surface area contributed by atoms with E-state index in [4.69, 9.17) is 4.74 Å². The fourth-order valence-corrected chi connectivity index (χ4v) is 3.60. The lowest BCUT2D eigenvalue weighted by Gasteiger charge is -2.32. The molecule has 0 saturated heterocycles. The van der Waals surface area contributed by atoms with Crippen molar-refractivity contribution in [1.29, 1.82) is 0 Å². The van der Waals surface area contributed by atoms with E-state index < -0.39 is 0 Å². The van der Waals surface area contributed by atoms with Gasteiger partial charge in [0.1, 0.15) is 5.82 Å². The van der Waals surface area contributed by atoms with Gasteiger partial charge in [0.05, 0.1) is 18.2 Å². The molecule has 2 N–H and O–H groups in total. The molecule has 7 heteroatoms. The van der Waals surface area contributed by atoms with E-state index in [1.165, 1.54) is 6.42 Å². The van der Waals surface area contributed by atoms with Gasteiger partial charge in [-0.25, -0.2) is 14.5 Å². The van der Waals surface area contributed by atoms with Crippen LogP contribution in [0.4, 0.5) is 4.79 Å². The van der Waals surface area contributed by atoms with E-state index in [1.807, 2.05) is 11.6 Å². The summed E-state index contributed by atoms with van der Waals surface area (Å²) in [7, 11) is 1.72. The second kappa shape index (κ2) is 7.29. The Kier molecular flexibility index (Phi) is 5.15. The number of nitrogens with zero attached hydrogens (tertiary/aromatic N) is 3. The predicted octanol–water partition coefficient (Wildman–Crippen LogP) is 1.93. The number of hydrogen-bond donors (Lipinski definition) is 2. The third-order valence-corrected chi connectivity index (χ3v) is 4.86. The highest BCUT2D eigenvalue weighted by Gasteiger charge is 2.29. The summed E-state index contributed by atoms with van der Waals surface area (Å²) in [5.41, 5.74) is 0. The summed E-state index contributed by atoms with van der Waals surface area (Å²) in [5.74, 6) is 1.73. The van der Waals surface area contributed by atoms with Gasteiger partial charge in [0.15, 0.2) is 5.82 Å². The predicted molar refractivity (Wildman–Crippen MR) is 86.1 cm³/mol. The lowest BCUT2D eigenvalue weighted by atomic mass is 9.92. The highest BCUT2D eigenvalue weighted by atomic mass is 16.5. The number of rotatable bonds is 4. The Balaban J connectivity index is 1.61. The number of amides is 2. The van der Waals surface area contributed by atoms with Gasteiger partial charge in [0.25, 0.3) is 0 Å². The zero-order valence-electron chi connectivity index (χ0n) is 14.0. The number of aromatic nitrogens is 3. The molecule has 1 aromatic rings. The minimum Gasteiger partial charge on any atom is -0.379 e. The van der Waals surface area contributed by atoms with Gasteiger partial charge in [-0.2, -0.15) is 5.10 Å². The van der Waals surface area contributed by atoms with E-state index in [-0.39, 0.29) is 24.2 Å². The van der Waals surface area contributed by atoms with Crippen LogP contribution in [0.2, 0.25) is 0 Å². The average molecular weight is 321 g/mol. The number of urea groups is 1. The molecule has 3 rings (SSSR count). The first kappa shape index (κ1) is 16.2. The Morgan fingerprint density at radius 2 is 2.09 bits per heavy atom. The first-order chi connectivity index (χ1) is 11.2. The van der Waals surface area contributed by atoms with Crippen LogP contribution in [0.5, 0.6) is 0 Å². The van der Waals surface area contributed by atoms with Gasteiger partial charge in [-0.1, -0.05) is 19.8 Å². The third kappa shape index (κ3) is 3.65. The summed E-state index contributed by atoms with van der Waals surface area (Å²) in [6, 6.07) is -0.0824.